The maximum atomic E-state index is 12.8. The van der Waals surface area contributed by atoms with Gasteiger partial charge in [-0.15, -0.1) is 0 Å². The summed E-state index contributed by atoms with van der Waals surface area (Å²) < 4.78 is 1.99. The predicted molar refractivity (Wildman–Crippen MR) is 110 cm³/mol. The number of benzene rings is 1. The standard InChI is InChI=1S/C22H25N5O2/c28-21(26-13-4-1-5-14-26)16-27-19-9-3-2-8-18(19)25-20(27)10-12-24-22(29)17-7-6-11-23-15-17/h2-3,6-9,11,15H,1,4-5,10,12-14,16H2,(H,24,29). The van der Waals surface area contributed by atoms with Gasteiger partial charge >= 0.3 is 0 Å². The number of nitrogens with zero attached hydrogens (tertiary/aromatic N) is 4. The van der Waals surface area contributed by atoms with E-state index in [4.69, 9.17) is 4.98 Å². The zero-order chi connectivity index (χ0) is 20.1. The molecule has 3 heterocycles. The molecule has 1 aromatic carbocycles. The number of pyridine rings is 1. The van der Waals surface area contributed by atoms with Gasteiger partial charge in [-0.1, -0.05) is 12.1 Å². The lowest BCUT2D eigenvalue weighted by Gasteiger charge is -2.27. The smallest absolute Gasteiger partial charge is 0.252 e. The summed E-state index contributed by atoms with van der Waals surface area (Å²) in [5.74, 6) is 0.779. The topological polar surface area (TPSA) is 80.1 Å². The Labute approximate surface area is 169 Å². The van der Waals surface area contributed by atoms with Gasteiger partial charge in [0.1, 0.15) is 12.4 Å². The van der Waals surface area contributed by atoms with E-state index in [1.807, 2.05) is 33.7 Å². The average Bonchev–Trinajstić information content (AvgIpc) is 3.12. The van der Waals surface area contributed by atoms with Crippen LogP contribution in [-0.2, 0) is 17.8 Å². The Kier molecular flexibility index (Phi) is 5.84. The molecule has 1 aliphatic heterocycles. The van der Waals surface area contributed by atoms with E-state index in [9.17, 15) is 9.59 Å². The normalized spacial score (nSPS) is 14.1. The SMILES string of the molecule is O=C(NCCc1nc2ccccc2n1CC(=O)N1CCCCC1)c1cccnc1. The van der Waals surface area contributed by atoms with Crippen LogP contribution < -0.4 is 5.32 Å². The molecule has 29 heavy (non-hydrogen) atoms. The molecule has 0 spiro atoms. The van der Waals surface area contributed by atoms with E-state index in [-0.39, 0.29) is 18.4 Å². The molecule has 7 nitrogen and oxygen atoms in total. The molecule has 2 amide bonds. The Hall–Kier alpha value is -3.22. The average molecular weight is 391 g/mol. The monoisotopic (exact) mass is 391 g/mol. The van der Waals surface area contributed by atoms with Crippen LogP contribution in [0.1, 0.15) is 35.4 Å². The highest BCUT2D eigenvalue weighted by Gasteiger charge is 2.20. The first-order chi connectivity index (χ1) is 14.2. The van der Waals surface area contributed by atoms with E-state index >= 15 is 0 Å². The van der Waals surface area contributed by atoms with Gasteiger partial charge in [-0.3, -0.25) is 14.6 Å². The zero-order valence-corrected chi connectivity index (χ0v) is 16.4. The summed E-state index contributed by atoms with van der Waals surface area (Å²) in [6, 6.07) is 11.3. The Morgan fingerprint density at radius 3 is 2.66 bits per heavy atom. The van der Waals surface area contributed by atoms with Crippen molar-refractivity contribution in [3.63, 3.8) is 0 Å². The molecule has 0 saturated carbocycles. The molecule has 7 heteroatoms. The van der Waals surface area contributed by atoms with Gasteiger partial charge in [0.2, 0.25) is 5.91 Å². The van der Waals surface area contributed by atoms with Gasteiger partial charge < -0.3 is 14.8 Å². The third-order valence-corrected chi connectivity index (χ3v) is 5.29. The fourth-order valence-corrected chi connectivity index (χ4v) is 3.76. The number of para-hydroxylation sites is 2. The Bertz CT molecular complexity index is 993. The largest absolute Gasteiger partial charge is 0.352 e. The first-order valence-corrected chi connectivity index (χ1v) is 10.1. The molecule has 1 saturated heterocycles. The fourth-order valence-electron chi connectivity index (χ4n) is 3.76. The van der Waals surface area contributed by atoms with E-state index in [2.05, 4.69) is 10.3 Å². The van der Waals surface area contributed by atoms with Crippen molar-refractivity contribution in [2.24, 2.45) is 0 Å². The Balaban J connectivity index is 1.47. The number of amides is 2. The van der Waals surface area contributed by atoms with Crippen LogP contribution in [0.5, 0.6) is 0 Å². The van der Waals surface area contributed by atoms with Crippen LogP contribution in [0.2, 0.25) is 0 Å². The predicted octanol–water partition coefficient (Wildman–Crippen LogP) is 2.42. The minimum absolute atomic E-state index is 0.133. The molecule has 1 aliphatic rings. The summed E-state index contributed by atoms with van der Waals surface area (Å²) in [5.41, 5.74) is 2.35. The number of imidazole rings is 1. The third-order valence-electron chi connectivity index (χ3n) is 5.29. The van der Waals surface area contributed by atoms with Crippen LogP contribution in [0.4, 0.5) is 0 Å². The van der Waals surface area contributed by atoms with E-state index in [0.717, 1.165) is 42.8 Å². The summed E-state index contributed by atoms with van der Waals surface area (Å²) in [7, 11) is 0. The Morgan fingerprint density at radius 1 is 1.03 bits per heavy atom. The summed E-state index contributed by atoms with van der Waals surface area (Å²) >= 11 is 0. The van der Waals surface area contributed by atoms with Gasteiger partial charge in [-0.25, -0.2) is 4.98 Å². The van der Waals surface area contributed by atoms with Crippen LogP contribution in [0.15, 0.2) is 48.8 Å². The van der Waals surface area contributed by atoms with Crippen molar-refractivity contribution in [1.82, 2.24) is 24.8 Å². The number of hydrogen-bond donors (Lipinski definition) is 1. The van der Waals surface area contributed by atoms with Crippen molar-refractivity contribution >= 4 is 22.8 Å². The van der Waals surface area contributed by atoms with Crippen LogP contribution in [0, 0.1) is 0 Å². The van der Waals surface area contributed by atoms with Crippen LogP contribution >= 0.6 is 0 Å². The van der Waals surface area contributed by atoms with Crippen LogP contribution in [0.25, 0.3) is 11.0 Å². The highest BCUT2D eigenvalue weighted by Crippen LogP contribution is 2.18. The molecule has 2 aromatic heterocycles. The van der Waals surface area contributed by atoms with E-state index < -0.39 is 0 Å². The lowest BCUT2D eigenvalue weighted by Crippen LogP contribution is -2.38. The number of carbonyl (C=O) groups excluding carboxylic acids is 2. The number of hydrogen-bond acceptors (Lipinski definition) is 4. The van der Waals surface area contributed by atoms with Crippen molar-refractivity contribution in [2.75, 3.05) is 19.6 Å². The zero-order valence-electron chi connectivity index (χ0n) is 16.4. The minimum atomic E-state index is -0.162. The van der Waals surface area contributed by atoms with Crippen molar-refractivity contribution in [3.05, 3.63) is 60.2 Å². The quantitative estimate of drug-likeness (QED) is 0.700. The molecule has 0 unspecified atom stereocenters. The van der Waals surface area contributed by atoms with Crippen molar-refractivity contribution in [3.8, 4) is 0 Å². The number of likely N-dealkylation sites (tertiary alicyclic amines) is 1. The second-order valence-corrected chi connectivity index (χ2v) is 7.29. The van der Waals surface area contributed by atoms with Crippen LogP contribution in [0.3, 0.4) is 0 Å². The van der Waals surface area contributed by atoms with Crippen LogP contribution in [-0.4, -0.2) is 50.9 Å². The molecule has 150 valence electrons. The lowest BCUT2D eigenvalue weighted by atomic mass is 10.1. The number of piperidine rings is 1. The molecule has 4 rings (SSSR count). The van der Waals surface area contributed by atoms with E-state index in [1.165, 1.54) is 6.42 Å². The van der Waals surface area contributed by atoms with Gasteiger partial charge in [-0.05, 0) is 43.5 Å². The number of nitrogens with one attached hydrogen (secondary N) is 1. The second-order valence-electron chi connectivity index (χ2n) is 7.29. The molecule has 0 bridgehead atoms. The number of carbonyl (C=O) groups is 2. The Morgan fingerprint density at radius 2 is 1.86 bits per heavy atom. The third kappa shape index (κ3) is 4.45. The maximum Gasteiger partial charge on any atom is 0.252 e. The maximum absolute atomic E-state index is 12.8. The molecule has 0 radical (unpaired) electrons. The number of aromatic nitrogens is 3. The van der Waals surface area contributed by atoms with Gasteiger partial charge in [0.15, 0.2) is 0 Å². The summed E-state index contributed by atoms with van der Waals surface area (Å²) in [4.78, 5) is 35.7. The van der Waals surface area contributed by atoms with Gasteiger partial charge in [0.05, 0.1) is 16.6 Å². The second kappa shape index (κ2) is 8.86. The van der Waals surface area contributed by atoms with E-state index in [1.54, 1.807) is 24.5 Å². The highest BCUT2D eigenvalue weighted by atomic mass is 16.2. The summed E-state index contributed by atoms with van der Waals surface area (Å²) in [5, 5.41) is 2.91. The summed E-state index contributed by atoms with van der Waals surface area (Å²) in [6.45, 7) is 2.39. The van der Waals surface area contributed by atoms with Gasteiger partial charge in [0, 0.05) is 38.4 Å². The van der Waals surface area contributed by atoms with Crippen molar-refractivity contribution in [1.29, 1.82) is 0 Å². The molecule has 1 N–H and O–H groups in total. The molecular formula is C22H25N5O2. The first kappa shape index (κ1) is 19.1. The molecule has 0 atom stereocenters. The van der Waals surface area contributed by atoms with Gasteiger partial charge in [0.25, 0.3) is 5.91 Å². The summed E-state index contributed by atoms with van der Waals surface area (Å²) in [6.07, 6.45) is 7.07. The van der Waals surface area contributed by atoms with E-state index in [0.29, 0.717) is 18.5 Å². The molecule has 1 fully saturated rings. The lowest BCUT2D eigenvalue weighted by molar-refractivity contribution is -0.132. The first-order valence-electron chi connectivity index (χ1n) is 10.1. The van der Waals surface area contributed by atoms with Gasteiger partial charge in [-0.2, -0.15) is 0 Å². The fraction of sp³-hybridized carbons (Fsp3) is 0.364. The molecular weight excluding hydrogens is 366 g/mol. The number of rotatable bonds is 6. The van der Waals surface area contributed by atoms with Crippen molar-refractivity contribution < 1.29 is 9.59 Å². The molecule has 0 aliphatic carbocycles. The van der Waals surface area contributed by atoms with Crippen molar-refractivity contribution in [2.45, 2.75) is 32.2 Å². The minimum Gasteiger partial charge on any atom is -0.352 e. The molecule has 3 aromatic rings. The number of fused-ring (bicyclic) bond motifs is 1. The highest BCUT2D eigenvalue weighted by molar-refractivity contribution is 5.93.